The molecule has 0 aliphatic heterocycles. The van der Waals surface area contributed by atoms with E-state index in [-0.39, 0.29) is 0 Å². The molecule has 0 radical (unpaired) electrons. The van der Waals surface area contributed by atoms with E-state index in [1.807, 2.05) is 6.08 Å². The molecule has 1 aliphatic carbocycles. The first-order valence-corrected chi connectivity index (χ1v) is 5.86. The van der Waals surface area contributed by atoms with Crippen molar-refractivity contribution >= 4 is 11.7 Å². The highest BCUT2D eigenvalue weighted by atomic mass is 19.4. The van der Waals surface area contributed by atoms with Crippen LogP contribution >= 0.6 is 0 Å². The van der Waals surface area contributed by atoms with Crippen molar-refractivity contribution in [3.05, 3.63) is 42.1 Å². The smallest absolute Gasteiger partial charge is 0.315 e. The van der Waals surface area contributed by atoms with Crippen molar-refractivity contribution in [3.63, 3.8) is 0 Å². The number of nitrogens with one attached hydrogen (secondary N) is 2. The molecule has 3 nitrogen and oxygen atoms in total. The minimum absolute atomic E-state index is 0.310. The Labute approximate surface area is 108 Å². The summed E-state index contributed by atoms with van der Waals surface area (Å²) in [5, 5.41) is 4.94. The van der Waals surface area contributed by atoms with Gasteiger partial charge >= 0.3 is 12.2 Å². The Morgan fingerprint density at radius 2 is 1.84 bits per heavy atom. The highest BCUT2D eigenvalue weighted by molar-refractivity contribution is 5.89. The lowest BCUT2D eigenvalue weighted by atomic mass is 10.2. The second-order valence-corrected chi connectivity index (χ2v) is 4.37. The minimum Gasteiger partial charge on any atom is -0.315 e. The van der Waals surface area contributed by atoms with E-state index in [2.05, 4.69) is 10.6 Å². The third-order valence-corrected chi connectivity index (χ3v) is 2.67. The van der Waals surface area contributed by atoms with Crippen LogP contribution in [0.2, 0.25) is 0 Å². The molecule has 6 heteroatoms. The van der Waals surface area contributed by atoms with Gasteiger partial charge in [0, 0.05) is 11.9 Å². The number of carbonyl (C=O) groups excluding carboxylic acids is 1. The van der Waals surface area contributed by atoms with E-state index < -0.39 is 17.8 Å². The lowest BCUT2D eigenvalue weighted by molar-refractivity contribution is -0.137. The molecule has 1 aliphatic rings. The summed E-state index contributed by atoms with van der Waals surface area (Å²) in [5.41, 5.74) is -0.433. The van der Waals surface area contributed by atoms with Crippen LogP contribution in [0.1, 0.15) is 18.4 Å². The molecule has 0 unspecified atom stereocenters. The number of hydrogen-bond donors (Lipinski definition) is 2. The van der Waals surface area contributed by atoms with Gasteiger partial charge in [0.05, 0.1) is 5.56 Å². The van der Waals surface area contributed by atoms with Crippen LogP contribution < -0.4 is 10.6 Å². The molecule has 0 spiro atoms. The quantitative estimate of drug-likeness (QED) is 0.862. The number of amides is 2. The largest absolute Gasteiger partial charge is 0.416 e. The second kappa shape index (κ2) is 5.34. The van der Waals surface area contributed by atoms with Gasteiger partial charge in [-0.05, 0) is 43.0 Å². The summed E-state index contributed by atoms with van der Waals surface area (Å²) in [6.07, 6.45) is 1.36. The molecule has 1 fully saturated rings. The van der Waals surface area contributed by atoms with Gasteiger partial charge in [-0.15, -0.1) is 0 Å². The first kappa shape index (κ1) is 13.5. The summed E-state index contributed by atoms with van der Waals surface area (Å²) >= 11 is 0. The summed E-state index contributed by atoms with van der Waals surface area (Å²) in [6, 6.07) is 3.81. The van der Waals surface area contributed by atoms with Crippen LogP contribution in [0.5, 0.6) is 0 Å². The molecule has 0 bridgehead atoms. The summed E-state index contributed by atoms with van der Waals surface area (Å²) in [6.45, 7) is 0. The van der Waals surface area contributed by atoms with Gasteiger partial charge in [-0.1, -0.05) is 6.08 Å². The van der Waals surface area contributed by atoms with E-state index in [0.29, 0.717) is 11.6 Å². The maximum Gasteiger partial charge on any atom is 0.416 e. The number of hydrogen-bond acceptors (Lipinski definition) is 1. The average Bonchev–Trinajstić information content (AvgIpc) is 3.12. The molecule has 0 atom stereocenters. The third kappa shape index (κ3) is 4.31. The summed E-state index contributed by atoms with van der Waals surface area (Å²) < 4.78 is 37.0. The van der Waals surface area contributed by atoms with Gasteiger partial charge in [0.15, 0.2) is 0 Å². The fourth-order valence-corrected chi connectivity index (χ4v) is 1.46. The van der Waals surface area contributed by atoms with Crippen molar-refractivity contribution in [2.75, 3.05) is 5.32 Å². The van der Waals surface area contributed by atoms with E-state index in [1.54, 1.807) is 6.20 Å². The molecule has 0 aromatic heterocycles. The Morgan fingerprint density at radius 1 is 1.21 bits per heavy atom. The Hall–Kier alpha value is -1.98. The van der Waals surface area contributed by atoms with Crippen molar-refractivity contribution < 1.29 is 18.0 Å². The van der Waals surface area contributed by atoms with Crippen LogP contribution in [0.3, 0.4) is 0 Å². The van der Waals surface area contributed by atoms with Gasteiger partial charge in [-0.3, -0.25) is 0 Å². The van der Waals surface area contributed by atoms with Gasteiger partial charge in [0.1, 0.15) is 0 Å². The molecule has 2 N–H and O–H groups in total. The van der Waals surface area contributed by atoms with Crippen molar-refractivity contribution in [2.45, 2.75) is 19.0 Å². The van der Waals surface area contributed by atoms with E-state index in [9.17, 15) is 18.0 Å². The summed E-state index contributed by atoms with van der Waals surface area (Å²) in [4.78, 5) is 11.4. The number of halogens is 3. The van der Waals surface area contributed by atoms with Crippen LogP contribution in [0.15, 0.2) is 36.5 Å². The van der Waals surface area contributed by atoms with E-state index in [1.165, 1.54) is 12.1 Å². The maximum absolute atomic E-state index is 12.3. The number of anilines is 1. The lowest BCUT2D eigenvalue weighted by Crippen LogP contribution is -2.23. The minimum atomic E-state index is -4.37. The number of carbonyl (C=O) groups is 1. The van der Waals surface area contributed by atoms with Gasteiger partial charge in [0.2, 0.25) is 0 Å². The van der Waals surface area contributed by atoms with Gasteiger partial charge < -0.3 is 10.6 Å². The van der Waals surface area contributed by atoms with E-state index in [4.69, 9.17) is 0 Å². The molecular weight excluding hydrogens is 257 g/mol. The highest BCUT2D eigenvalue weighted by Gasteiger charge is 2.29. The SMILES string of the molecule is O=C(N/C=C/C1CC1)Nc1ccc(C(F)(F)F)cc1. The molecule has 2 rings (SSSR count). The van der Waals surface area contributed by atoms with Crippen LogP contribution in [0.4, 0.5) is 23.7 Å². The first-order chi connectivity index (χ1) is 8.95. The predicted octanol–water partition coefficient (Wildman–Crippen LogP) is 3.75. The maximum atomic E-state index is 12.3. The number of benzene rings is 1. The molecule has 1 aromatic rings. The number of urea groups is 1. The fourth-order valence-electron chi connectivity index (χ4n) is 1.46. The predicted molar refractivity (Wildman–Crippen MR) is 65.5 cm³/mol. The molecule has 1 saturated carbocycles. The van der Waals surface area contributed by atoms with Crippen LogP contribution in [0, 0.1) is 5.92 Å². The van der Waals surface area contributed by atoms with E-state index in [0.717, 1.165) is 25.0 Å². The van der Waals surface area contributed by atoms with Crippen LogP contribution in [-0.4, -0.2) is 6.03 Å². The lowest BCUT2D eigenvalue weighted by Gasteiger charge is -2.08. The van der Waals surface area contributed by atoms with Crippen molar-refractivity contribution in [3.8, 4) is 0 Å². The Bertz CT molecular complexity index is 476. The Morgan fingerprint density at radius 3 is 2.37 bits per heavy atom. The van der Waals surface area contributed by atoms with E-state index >= 15 is 0 Å². The molecule has 1 aromatic carbocycles. The van der Waals surface area contributed by atoms with Gasteiger partial charge in [0.25, 0.3) is 0 Å². The first-order valence-electron chi connectivity index (χ1n) is 5.86. The zero-order valence-corrected chi connectivity index (χ0v) is 10.00. The molecule has 0 heterocycles. The normalized spacial score (nSPS) is 15.5. The molecular formula is C13H13F3N2O. The number of rotatable bonds is 3. The topological polar surface area (TPSA) is 41.1 Å². The summed E-state index contributed by atoms with van der Waals surface area (Å²) in [5.74, 6) is 0.548. The molecule has 19 heavy (non-hydrogen) atoms. The van der Waals surface area contributed by atoms with Gasteiger partial charge in [-0.2, -0.15) is 13.2 Å². The van der Waals surface area contributed by atoms with Crippen LogP contribution in [-0.2, 0) is 6.18 Å². The van der Waals surface area contributed by atoms with Gasteiger partial charge in [-0.25, -0.2) is 4.79 Å². The zero-order valence-electron chi connectivity index (χ0n) is 10.00. The zero-order chi connectivity index (χ0) is 13.9. The molecule has 2 amide bonds. The Balaban J connectivity index is 1.86. The summed E-state index contributed by atoms with van der Waals surface area (Å²) in [7, 11) is 0. The number of allylic oxidation sites excluding steroid dienone is 1. The molecule has 0 saturated heterocycles. The van der Waals surface area contributed by atoms with Crippen molar-refractivity contribution in [2.24, 2.45) is 5.92 Å². The average molecular weight is 270 g/mol. The monoisotopic (exact) mass is 270 g/mol. The molecule has 102 valence electrons. The number of alkyl halides is 3. The fraction of sp³-hybridized carbons (Fsp3) is 0.308. The van der Waals surface area contributed by atoms with Crippen LogP contribution in [0.25, 0.3) is 0 Å². The third-order valence-electron chi connectivity index (χ3n) is 2.67. The Kier molecular flexibility index (Phi) is 3.78. The van der Waals surface area contributed by atoms with Crippen molar-refractivity contribution in [1.82, 2.24) is 5.32 Å². The standard InChI is InChI=1S/C13H13F3N2O/c14-13(15,16)10-3-5-11(6-4-10)18-12(19)17-8-7-9-1-2-9/h3-9H,1-2H2,(H2,17,18,19)/b8-7+. The highest BCUT2D eigenvalue weighted by Crippen LogP contribution is 2.30. The second-order valence-electron chi connectivity index (χ2n) is 4.37. The van der Waals surface area contributed by atoms with Crippen molar-refractivity contribution in [1.29, 1.82) is 0 Å².